The molecule has 5 rings (SSSR count). The van der Waals surface area contributed by atoms with Crippen LogP contribution in [0.3, 0.4) is 0 Å². The molecule has 0 aliphatic carbocycles. The standard InChI is InChI=1S/C24H26N10O3/c1-24(2,3)33-8-9-34-19(33)11-18(31-34)28-22-30-21-20(32(22)4)15(12-25)16(13-27-21)37-14-6-7-26-17(10-14)29-23(35)36-5/h6-7,10-11,13H,8-9H2,1-5H3,(H,26,29,35)(H,27,28,30,31). The maximum absolute atomic E-state index is 11.5. The predicted octanol–water partition coefficient (Wildman–Crippen LogP) is 3.76. The van der Waals surface area contributed by atoms with E-state index in [1.165, 1.54) is 25.6 Å². The largest absolute Gasteiger partial charge is 0.454 e. The molecule has 13 nitrogen and oxygen atoms in total. The summed E-state index contributed by atoms with van der Waals surface area (Å²) in [5.41, 5.74) is 1.14. The molecule has 190 valence electrons. The van der Waals surface area contributed by atoms with E-state index in [4.69, 9.17) is 4.74 Å². The number of nitriles is 1. The second kappa shape index (κ2) is 8.98. The molecule has 13 heteroatoms. The van der Waals surface area contributed by atoms with Gasteiger partial charge in [0.15, 0.2) is 17.2 Å². The van der Waals surface area contributed by atoms with Crippen molar-refractivity contribution in [1.29, 1.82) is 5.26 Å². The van der Waals surface area contributed by atoms with Gasteiger partial charge in [-0.05, 0) is 26.8 Å². The quantitative estimate of drug-likeness (QED) is 0.413. The Hall–Kier alpha value is -4.86. The lowest BCUT2D eigenvalue weighted by molar-refractivity contribution is 0.187. The molecule has 1 aliphatic heterocycles. The molecule has 2 N–H and O–H groups in total. The second-order valence-electron chi connectivity index (χ2n) is 9.43. The third-order valence-corrected chi connectivity index (χ3v) is 5.97. The van der Waals surface area contributed by atoms with Crippen LogP contribution in [0.1, 0.15) is 26.3 Å². The Kier molecular flexibility index (Phi) is 5.79. The van der Waals surface area contributed by atoms with Crippen LogP contribution >= 0.6 is 0 Å². The van der Waals surface area contributed by atoms with E-state index in [0.717, 1.165) is 18.9 Å². The highest BCUT2D eigenvalue weighted by Crippen LogP contribution is 2.34. The van der Waals surface area contributed by atoms with Crippen molar-refractivity contribution in [3.8, 4) is 17.6 Å². The zero-order valence-corrected chi connectivity index (χ0v) is 21.1. The maximum Gasteiger partial charge on any atom is 0.412 e. The molecule has 37 heavy (non-hydrogen) atoms. The summed E-state index contributed by atoms with van der Waals surface area (Å²) in [6.07, 6.45) is 2.25. The average Bonchev–Trinajstić information content (AvgIpc) is 3.52. The van der Waals surface area contributed by atoms with Crippen LogP contribution in [0, 0.1) is 11.3 Å². The highest BCUT2D eigenvalue weighted by Gasteiger charge is 2.30. The third kappa shape index (κ3) is 4.44. The number of imidazole rings is 1. The zero-order chi connectivity index (χ0) is 26.3. The summed E-state index contributed by atoms with van der Waals surface area (Å²) in [5.74, 6) is 3.01. The molecule has 0 atom stereocenters. The van der Waals surface area contributed by atoms with Gasteiger partial charge < -0.3 is 24.3 Å². The van der Waals surface area contributed by atoms with Crippen LogP contribution < -0.4 is 20.3 Å². The lowest BCUT2D eigenvalue weighted by atomic mass is 10.1. The Morgan fingerprint density at radius 2 is 2.00 bits per heavy atom. The first-order valence-corrected chi connectivity index (χ1v) is 11.5. The number of ether oxygens (including phenoxy) is 2. The van der Waals surface area contributed by atoms with E-state index in [0.29, 0.717) is 28.7 Å². The van der Waals surface area contributed by atoms with Gasteiger partial charge in [0, 0.05) is 37.5 Å². The summed E-state index contributed by atoms with van der Waals surface area (Å²) in [7, 11) is 3.05. The number of aromatic nitrogens is 6. The van der Waals surface area contributed by atoms with Crippen molar-refractivity contribution in [3.63, 3.8) is 0 Å². The van der Waals surface area contributed by atoms with Gasteiger partial charge >= 0.3 is 6.09 Å². The second-order valence-corrected chi connectivity index (χ2v) is 9.43. The molecule has 0 saturated carbocycles. The van der Waals surface area contributed by atoms with E-state index in [9.17, 15) is 10.1 Å². The van der Waals surface area contributed by atoms with Crippen LogP contribution in [-0.2, 0) is 18.3 Å². The fourth-order valence-corrected chi connectivity index (χ4v) is 4.23. The number of carbonyl (C=O) groups is 1. The van der Waals surface area contributed by atoms with E-state index in [2.05, 4.69) is 67.2 Å². The van der Waals surface area contributed by atoms with E-state index >= 15 is 0 Å². The summed E-state index contributed by atoms with van der Waals surface area (Å²) in [6.45, 7) is 8.24. The minimum atomic E-state index is -0.658. The van der Waals surface area contributed by atoms with Crippen molar-refractivity contribution in [2.45, 2.75) is 32.9 Å². The number of amides is 1. The van der Waals surface area contributed by atoms with Gasteiger partial charge in [-0.15, -0.1) is 0 Å². The van der Waals surface area contributed by atoms with Crippen molar-refractivity contribution < 1.29 is 14.3 Å². The molecule has 0 aromatic carbocycles. The number of nitrogens with zero attached hydrogens (tertiary/aromatic N) is 8. The van der Waals surface area contributed by atoms with E-state index in [1.54, 1.807) is 17.7 Å². The SMILES string of the molecule is COC(=O)Nc1cc(Oc2cnc3nc(Nc4cc5n(n4)CCN5C(C)(C)C)n(C)c3c2C#N)ccn1. The Morgan fingerprint density at radius 1 is 1.19 bits per heavy atom. The Labute approximate surface area is 212 Å². The van der Waals surface area contributed by atoms with Crippen LogP contribution in [0.15, 0.2) is 30.6 Å². The summed E-state index contributed by atoms with van der Waals surface area (Å²) in [4.78, 5) is 26.8. The van der Waals surface area contributed by atoms with Crippen molar-refractivity contribution in [2.24, 2.45) is 7.05 Å². The Morgan fingerprint density at radius 3 is 2.73 bits per heavy atom. The van der Waals surface area contributed by atoms with Gasteiger partial charge in [0.05, 0.1) is 19.9 Å². The van der Waals surface area contributed by atoms with E-state index in [1.807, 2.05) is 10.7 Å². The number of aryl methyl sites for hydroxylation is 1. The maximum atomic E-state index is 11.5. The summed E-state index contributed by atoms with van der Waals surface area (Å²) >= 11 is 0. The van der Waals surface area contributed by atoms with Gasteiger partial charge in [-0.2, -0.15) is 15.3 Å². The number of fused-ring (bicyclic) bond motifs is 2. The number of rotatable bonds is 5. The monoisotopic (exact) mass is 502 g/mol. The molecule has 0 bridgehead atoms. The van der Waals surface area contributed by atoms with Gasteiger partial charge in [-0.1, -0.05) is 0 Å². The minimum absolute atomic E-state index is 0.0174. The van der Waals surface area contributed by atoms with Gasteiger partial charge in [-0.3, -0.25) is 5.32 Å². The molecule has 0 spiro atoms. The molecule has 4 aromatic heterocycles. The fourth-order valence-electron chi connectivity index (χ4n) is 4.23. The lowest BCUT2D eigenvalue weighted by Gasteiger charge is -2.32. The molecular weight excluding hydrogens is 476 g/mol. The van der Waals surface area contributed by atoms with Crippen molar-refractivity contribution in [3.05, 3.63) is 36.2 Å². The van der Waals surface area contributed by atoms with Crippen LogP contribution in [0.25, 0.3) is 11.2 Å². The first kappa shape index (κ1) is 23.9. The topological polar surface area (TPSA) is 148 Å². The molecule has 0 fully saturated rings. The smallest absolute Gasteiger partial charge is 0.412 e. The molecular formula is C24H26N10O3. The van der Waals surface area contributed by atoms with Gasteiger partial charge in [-0.25, -0.2) is 19.4 Å². The van der Waals surface area contributed by atoms with Crippen molar-refractivity contribution in [2.75, 3.05) is 29.2 Å². The minimum Gasteiger partial charge on any atom is -0.454 e. The number of methoxy groups -OCH3 is 1. The molecule has 0 saturated heterocycles. The van der Waals surface area contributed by atoms with Crippen LogP contribution in [0.5, 0.6) is 11.5 Å². The predicted molar refractivity (Wildman–Crippen MR) is 136 cm³/mol. The van der Waals surface area contributed by atoms with E-state index in [-0.39, 0.29) is 22.7 Å². The molecule has 4 aromatic rings. The number of hydrogen-bond donors (Lipinski definition) is 2. The third-order valence-electron chi connectivity index (χ3n) is 5.97. The molecule has 5 heterocycles. The summed E-state index contributed by atoms with van der Waals surface area (Å²) < 4.78 is 14.2. The fraction of sp³-hybridized carbons (Fsp3) is 0.333. The molecule has 1 aliphatic rings. The van der Waals surface area contributed by atoms with Gasteiger partial charge in [0.2, 0.25) is 5.95 Å². The Balaban J connectivity index is 1.44. The number of carbonyl (C=O) groups excluding carboxylic acids is 1. The number of pyridine rings is 2. The highest BCUT2D eigenvalue weighted by atomic mass is 16.5. The van der Waals surface area contributed by atoms with Gasteiger partial charge in [0.25, 0.3) is 0 Å². The van der Waals surface area contributed by atoms with Crippen LogP contribution in [0.2, 0.25) is 0 Å². The highest BCUT2D eigenvalue weighted by molar-refractivity contribution is 5.85. The number of anilines is 4. The van der Waals surface area contributed by atoms with Crippen LogP contribution in [-0.4, -0.2) is 54.6 Å². The summed E-state index contributed by atoms with van der Waals surface area (Å²) in [6, 6.07) is 7.31. The first-order valence-electron chi connectivity index (χ1n) is 11.5. The number of nitrogens with one attached hydrogen (secondary N) is 2. The van der Waals surface area contributed by atoms with Crippen LogP contribution in [0.4, 0.5) is 28.2 Å². The van der Waals surface area contributed by atoms with Crippen molar-refractivity contribution in [1.82, 2.24) is 29.3 Å². The molecule has 0 unspecified atom stereocenters. The zero-order valence-electron chi connectivity index (χ0n) is 21.1. The lowest BCUT2D eigenvalue weighted by Crippen LogP contribution is -2.40. The van der Waals surface area contributed by atoms with E-state index < -0.39 is 6.09 Å². The molecule has 1 amide bonds. The van der Waals surface area contributed by atoms with Crippen molar-refractivity contribution >= 4 is 40.7 Å². The van der Waals surface area contributed by atoms with Gasteiger partial charge in [0.1, 0.15) is 34.5 Å². The normalized spacial score (nSPS) is 12.8. The number of hydrogen-bond acceptors (Lipinski definition) is 10. The molecule has 0 radical (unpaired) electrons. The Bertz CT molecular complexity index is 1540. The first-order chi connectivity index (χ1) is 17.7. The average molecular weight is 503 g/mol. The summed E-state index contributed by atoms with van der Waals surface area (Å²) in [5, 5.41) is 20.4.